The summed E-state index contributed by atoms with van der Waals surface area (Å²) in [6.45, 7) is 4.07. The zero-order valence-corrected chi connectivity index (χ0v) is 11.5. The van der Waals surface area contributed by atoms with Gasteiger partial charge in [0.05, 0.1) is 10.9 Å². The molecule has 0 fully saturated rings. The molecule has 1 unspecified atom stereocenters. The molecule has 1 aromatic carbocycles. The van der Waals surface area contributed by atoms with Crippen molar-refractivity contribution in [2.24, 2.45) is 0 Å². The van der Waals surface area contributed by atoms with Crippen LogP contribution in [0.2, 0.25) is 0 Å². The number of rotatable bonds is 4. The predicted octanol–water partition coefficient (Wildman–Crippen LogP) is 2.32. The van der Waals surface area contributed by atoms with Gasteiger partial charge in [0, 0.05) is 6.26 Å². The molecular formula is C13H19NO2S. The molecule has 0 aliphatic carbocycles. The first-order chi connectivity index (χ1) is 7.84. The third-order valence-electron chi connectivity index (χ3n) is 2.48. The van der Waals surface area contributed by atoms with Crippen LogP contribution in [0.1, 0.15) is 25.5 Å². The topological polar surface area (TPSA) is 46.2 Å². The Morgan fingerprint density at radius 2 is 1.76 bits per heavy atom. The van der Waals surface area contributed by atoms with E-state index in [9.17, 15) is 8.42 Å². The van der Waals surface area contributed by atoms with Crippen molar-refractivity contribution < 1.29 is 8.42 Å². The van der Waals surface area contributed by atoms with Gasteiger partial charge < -0.3 is 5.32 Å². The molecule has 1 atom stereocenters. The lowest BCUT2D eigenvalue weighted by Crippen LogP contribution is -2.14. The Labute approximate surface area is 103 Å². The second kappa shape index (κ2) is 5.47. The molecule has 0 saturated carbocycles. The molecule has 0 aliphatic heterocycles. The first-order valence-corrected chi connectivity index (χ1v) is 7.36. The van der Waals surface area contributed by atoms with Gasteiger partial charge in [0.2, 0.25) is 0 Å². The van der Waals surface area contributed by atoms with Gasteiger partial charge >= 0.3 is 0 Å². The molecule has 0 amide bonds. The van der Waals surface area contributed by atoms with Crippen LogP contribution in [0.4, 0.5) is 0 Å². The lowest BCUT2D eigenvalue weighted by atomic mass is 10.1. The highest BCUT2D eigenvalue weighted by Crippen LogP contribution is 2.18. The van der Waals surface area contributed by atoms with Gasteiger partial charge in [-0.05, 0) is 38.6 Å². The highest BCUT2D eigenvalue weighted by atomic mass is 32.2. The summed E-state index contributed by atoms with van der Waals surface area (Å²) >= 11 is 0. The van der Waals surface area contributed by atoms with E-state index in [0.717, 1.165) is 5.56 Å². The Morgan fingerprint density at radius 1 is 1.24 bits per heavy atom. The summed E-state index contributed by atoms with van der Waals surface area (Å²) in [7, 11) is -1.23. The van der Waals surface area contributed by atoms with E-state index in [1.807, 2.05) is 33.0 Å². The molecular weight excluding hydrogens is 234 g/mol. The van der Waals surface area contributed by atoms with E-state index in [1.54, 1.807) is 12.1 Å². The summed E-state index contributed by atoms with van der Waals surface area (Å²) in [6.07, 6.45) is 3.32. The molecule has 0 spiro atoms. The Kier molecular flexibility index (Phi) is 4.48. The fraction of sp³-hybridized carbons (Fsp3) is 0.385. The fourth-order valence-corrected chi connectivity index (χ4v) is 2.23. The standard InChI is InChI=1S/C13H19NO2S/c1-10(2)9-13(14-3)11-5-7-12(8-6-11)17(4,15)16/h5-9,13-14H,1-4H3. The molecule has 0 bridgehead atoms. The zero-order chi connectivity index (χ0) is 13.1. The largest absolute Gasteiger partial charge is 0.310 e. The van der Waals surface area contributed by atoms with Crippen LogP contribution in [0.25, 0.3) is 0 Å². The van der Waals surface area contributed by atoms with Gasteiger partial charge in [0.15, 0.2) is 9.84 Å². The number of benzene rings is 1. The van der Waals surface area contributed by atoms with Gasteiger partial charge in [-0.25, -0.2) is 8.42 Å². The Morgan fingerprint density at radius 3 is 2.12 bits per heavy atom. The van der Waals surface area contributed by atoms with Crippen LogP contribution in [-0.4, -0.2) is 21.7 Å². The molecule has 94 valence electrons. The Hall–Kier alpha value is -1.13. The second-order valence-electron chi connectivity index (χ2n) is 4.35. The maximum Gasteiger partial charge on any atom is 0.175 e. The van der Waals surface area contributed by atoms with Crippen molar-refractivity contribution in [1.82, 2.24) is 5.32 Å². The van der Waals surface area contributed by atoms with Crippen molar-refractivity contribution in [3.8, 4) is 0 Å². The van der Waals surface area contributed by atoms with Gasteiger partial charge in [0.1, 0.15) is 0 Å². The van der Waals surface area contributed by atoms with Gasteiger partial charge in [-0.3, -0.25) is 0 Å². The molecule has 3 nitrogen and oxygen atoms in total. The molecule has 0 saturated heterocycles. The van der Waals surface area contributed by atoms with Crippen molar-refractivity contribution in [1.29, 1.82) is 0 Å². The summed E-state index contributed by atoms with van der Waals surface area (Å²) in [6, 6.07) is 7.10. The number of sulfone groups is 1. The van der Waals surface area contributed by atoms with E-state index in [-0.39, 0.29) is 6.04 Å². The quantitative estimate of drug-likeness (QED) is 0.838. The van der Waals surface area contributed by atoms with Gasteiger partial charge in [0.25, 0.3) is 0 Å². The molecule has 4 heteroatoms. The fourth-order valence-electron chi connectivity index (χ4n) is 1.60. The van der Waals surface area contributed by atoms with Crippen LogP contribution in [0, 0.1) is 0 Å². The van der Waals surface area contributed by atoms with Crippen LogP contribution in [-0.2, 0) is 9.84 Å². The Balaban J connectivity index is 3.05. The van der Waals surface area contributed by atoms with E-state index >= 15 is 0 Å². The summed E-state index contributed by atoms with van der Waals surface area (Å²) in [4.78, 5) is 0.355. The third kappa shape index (κ3) is 3.98. The first kappa shape index (κ1) is 13.9. The minimum Gasteiger partial charge on any atom is -0.310 e. The van der Waals surface area contributed by atoms with E-state index in [4.69, 9.17) is 0 Å². The van der Waals surface area contributed by atoms with Crippen LogP contribution in [0.15, 0.2) is 40.8 Å². The number of nitrogens with one attached hydrogen (secondary N) is 1. The molecule has 0 radical (unpaired) electrons. The maximum absolute atomic E-state index is 11.3. The van der Waals surface area contributed by atoms with E-state index in [1.165, 1.54) is 11.8 Å². The predicted molar refractivity (Wildman–Crippen MR) is 70.8 cm³/mol. The molecule has 1 aromatic rings. The minimum atomic E-state index is -3.11. The van der Waals surface area contributed by atoms with Gasteiger partial charge in [-0.2, -0.15) is 0 Å². The average molecular weight is 253 g/mol. The third-order valence-corrected chi connectivity index (χ3v) is 3.61. The average Bonchev–Trinajstić information content (AvgIpc) is 2.24. The van der Waals surface area contributed by atoms with E-state index in [2.05, 4.69) is 11.4 Å². The van der Waals surface area contributed by atoms with Crippen molar-refractivity contribution in [2.45, 2.75) is 24.8 Å². The second-order valence-corrected chi connectivity index (χ2v) is 6.37. The van der Waals surface area contributed by atoms with Gasteiger partial charge in [-0.15, -0.1) is 0 Å². The maximum atomic E-state index is 11.3. The normalized spacial score (nSPS) is 13.2. The number of hydrogen-bond acceptors (Lipinski definition) is 3. The number of allylic oxidation sites excluding steroid dienone is 1. The highest BCUT2D eigenvalue weighted by Gasteiger charge is 2.09. The van der Waals surface area contributed by atoms with E-state index < -0.39 is 9.84 Å². The van der Waals surface area contributed by atoms with Gasteiger partial charge in [-0.1, -0.05) is 23.8 Å². The van der Waals surface area contributed by atoms with Crippen LogP contribution in [0.3, 0.4) is 0 Å². The molecule has 0 heterocycles. The molecule has 17 heavy (non-hydrogen) atoms. The summed E-state index contributed by atoms with van der Waals surface area (Å²) in [5, 5.41) is 3.18. The monoisotopic (exact) mass is 253 g/mol. The SMILES string of the molecule is CNC(C=C(C)C)c1ccc(S(C)(=O)=O)cc1. The summed E-state index contributed by atoms with van der Waals surface area (Å²) < 4.78 is 22.7. The number of hydrogen-bond donors (Lipinski definition) is 1. The van der Waals surface area contributed by atoms with Crippen molar-refractivity contribution in [3.63, 3.8) is 0 Å². The first-order valence-electron chi connectivity index (χ1n) is 5.47. The summed E-state index contributed by atoms with van der Waals surface area (Å²) in [5.74, 6) is 0. The lowest BCUT2D eigenvalue weighted by molar-refractivity contribution is 0.601. The lowest BCUT2D eigenvalue weighted by Gasteiger charge is -2.13. The summed E-state index contributed by atoms with van der Waals surface area (Å²) in [5.41, 5.74) is 2.28. The van der Waals surface area contributed by atoms with Crippen LogP contribution in [0.5, 0.6) is 0 Å². The molecule has 0 aliphatic rings. The van der Waals surface area contributed by atoms with E-state index in [0.29, 0.717) is 4.90 Å². The van der Waals surface area contributed by atoms with Crippen LogP contribution >= 0.6 is 0 Å². The zero-order valence-electron chi connectivity index (χ0n) is 10.7. The highest BCUT2D eigenvalue weighted by molar-refractivity contribution is 7.90. The van der Waals surface area contributed by atoms with Crippen LogP contribution < -0.4 is 5.32 Å². The Bertz CT molecular complexity index is 497. The smallest absolute Gasteiger partial charge is 0.175 e. The number of likely N-dealkylation sites (N-methyl/N-ethyl adjacent to an activating group) is 1. The molecule has 1 rings (SSSR count). The molecule has 1 N–H and O–H groups in total. The minimum absolute atomic E-state index is 0.119. The molecule has 0 aromatic heterocycles. The van der Waals surface area contributed by atoms with Crippen molar-refractivity contribution in [2.75, 3.05) is 13.3 Å². The van der Waals surface area contributed by atoms with Crippen molar-refractivity contribution >= 4 is 9.84 Å². The van der Waals surface area contributed by atoms with Crippen molar-refractivity contribution in [3.05, 3.63) is 41.5 Å².